The van der Waals surface area contributed by atoms with Gasteiger partial charge >= 0.3 is 0 Å². The number of furan rings is 1. The molecule has 4 rings (SSSR count). The molecule has 2 amide bonds. The molecule has 9 nitrogen and oxygen atoms in total. The van der Waals surface area contributed by atoms with E-state index in [-0.39, 0.29) is 25.2 Å². The number of fused-ring (bicyclic) bond motifs is 1. The van der Waals surface area contributed by atoms with Crippen LogP contribution in [0.5, 0.6) is 11.5 Å². The lowest BCUT2D eigenvalue weighted by molar-refractivity contribution is -0.141. The van der Waals surface area contributed by atoms with Crippen molar-refractivity contribution in [2.75, 3.05) is 52.7 Å². The number of unbranched alkanes of at least 4 members (excludes halogenated alkanes) is 6. The summed E-state index contributed by atoms with van der Waals surface area (Å²) in [6, 6.07) is 9.40. The van der Waals surface area contributed by atoms with Crippen LogP contribution in [0.4, 0.5) is 0 Å². The summed E-state index contributed by atoms with van der Waals surface area (Å²) in [6.45, 7) is 7.54. The molecule has 1 saturated heterocycles. The highest BCUT2D eigenvalue weighted by Gasteiger charge is 2.24. The second kappa shape index (κ2) is 16.3. The minimum Gasteiger partial charge on any atom is -0.467 e. The van der Waals surface area contributed by atoms with Gasteiger partial charge in [0.2, 0.25) is 18.6 Å². The first-order chi connectivity index (χ1) is 19.6. The lowest BCUT2D eigenvalue weighted by Crippen LogP contribution is -2.47. The van der Waals surface area contributed by atoms with Crippen molar-refractivity contribution in [2.45, 2.75) is 71.4 Å². The van der Waals surface area contributed by atoms with Gasteiger partial charge in [0.15, 0.2) is 11.5 Å². The van der Waals surface area contributed by atoms with E-state index in [1.54, 1.807) is 16.1 Å². The molecule has 0 unspecified atom stereocenters. The number of amides is 2. The zero-order chi connectivity index (χ0) is 28.0. The minimum atomic E-state index is -0.107. The molecule has 1 aromatic carbocycles. The molecular weight excluding hydrogens is 510 g/mol. The van der Waals surface area contributed by atoms with Gasteiger partial charge in [0, 0.05) is 39.1 Å². The summed E-state index contributed by atoms with van der Waals surface area (Å²) in [5.74, 6) is 2.03. The van der Waals surface area contributed by atoms with Gasteiger partial charge in [-0.05, 0) is 36.2 Å². The number of nitrogens with zero attached hydrogens (tertiary/aromatic N) is 3. The number of carbonyl (C=O) groups excluding carboxylic acids is 2. The summed E-state index contributed by atoms with van der Waals surface area (Å²) in [6.07, 6.45) is 10.2. The first-order valence-electron chi connectivity index (χ1n) is 14.9. The number of carbonyl (C=O) groups is 2. The molecule has 0 spiro atoms. The van der Waals surface area contributed by atoms with Gasteiger partial charge in [-0.1, -0.05) is 51.5 Å². The first kappa shape index (κ1) is 29.9. The molecule has 9 heteroatoms. The minimum absolute atomic E-state index is 0.0466. The van der Waals surface area contributed by atoms with Crippen molar-refractivity contribution in [1.29, 1.82) is 0 Å². The van der Waals surface area contributed by atoms with Crippen LogP contribution in [0, 0.1) is 0 Å². The fraction of sp³-hybridized carbons (Fsp3) is 0.613. The van der Waals surface area contributed by atoms with Gasteiger partial charge in [0.25, 0.3) is 0 Å². The van der Waals surface area contributed by atoms with Crippen molar-refractivity contribution in [1.82, 2.24) is 14.7 Å². The topological polar surface area (TPSA) is 84.7 Å². The molecule has 2 aromatic rings. The van der Waals surface area contributed by atoms with E-state index in [2.05, 4.69) is 11.8 Å². The maximum absolute atomic E-state index is 13.8. The third kappa shape index (κ3) is 9.55. The Labute approximate surface area is 238 Å². The molecule has 40 heavy (non-hydrogen) atoms. The number of ether oxygens (including phenoxy) is 3. The van der Waals surface area contributed by atoms with Crippen LogP contribution < -0.4 is 9.47 Å². The van der Waals surface area contributed by atoms with E-state index in [9.17, 15) is 9.59 Å². The number of benzene rings is 1. The summed E-state index contributed by atoms with van der Waals surface area (Å²) in [4.78, 5) is 32.9. The van der Waals surface area contributed by atoms with Crippen LogP contribution in [0.15, 0.2) is 41.0 Å². The molecule has 3 heterocycles. The molecule has 1 aromatic heterocycles. The van der Waals surface area contributed by atoms with Gasteiger partial charge in [-0.2, -0.15) is 0 Å². The number of morpholine rings is 1. The Balaban J connectivity index is 1.39. The highest BCUT2D eigenvalue weighted by Crippen LogP contribution is 2.33. The van der Waals surface area contributed by atoms with E-state index in [4.69, 9.17) is 18.6 Å². The predicted molar refractivity (Wildman–Crippen MR) is 152 cm³/mol. The maximum Gasteiger partial charge on any atom is 0.242 e. The quantitative estimate of drug-likeness (QED) is 0.258. The Morgan fingerprint density at radius 3 is 2.42 bits per heavy atom. The summed E-state index contributed by atoms with van der Waals surface area (Å²) in [7, 11) is 0. The highest BCUT2D eigenvalue weighted by molar-refractivity contribution is 5.85. The SMILES string of the molecule is CCCCCCCCCC(=O)N(CCN1CCOCC1)CC(=O)N(Cc1ccc2c(c1)OCO2)Cc1ccco1. The van der Waals surface area contributed by atoms with Crippen molar-refractivity contribution in [3.63, 3.8) is 0 Å². The third-order valence-electron chi connectivity index (χ3n) is 7.55. The van der Waals surface area contributed by atoms with Crippen molar-refractivity contribution < 1.29 is 28.2 Å². The Morgan fingerprint density at radius 2 is 1.65 bits per heavy atom. The van der Waals surface area contributed by atoms with Crippen molar-refractivity contribution in [3.8, 4) is 11.5 Å². The van der Waals surface area contributed by atoms with Crippen LogP contribution in [0.25, 0.3) is 0 Å². The van der Waals surface area contributed by atoms with E-state index in [0.29, 0.717) is 56.5 Å². The number of rotatable bonds is 17. The van der Waals surface area contributed by atoms with Crippen LogP contribution in [-0.2, 0) is 27.4 Å². The Bertz CT molecular complexity index is 1040. The standard InChI is InChI=1S/C31H45N3O6/c1-2-3-4-5-6-7-8-11-30(35)33(15-14-32-16-19-37-20-17-32)24-31(36)34(23-27-10-9-18-38-27)22-26-12-13-28-29(21-26)40-25-39-28/h9-10,12-13,18,21H,2-8,11,14-17,19-20,22-25H2,1H3. The zero-order valence-corrected chi connectivity index (χ0v) is 24.0. The molecule has 0 saturated carbocycles. The van der Waals surface area contributed by atoms with Crippen molar-refractivity contribution in [2.24, 2.45) is 0 Å². The predicted octanol–water partition coefficient (Wildman–Crippen LogP) is 4.84. The van der Waals surface area contributed by atoms with Crippen LogP contribution in [0.1, 0.15) is 69.6 Å². The molecule has 2 aliphatic heterocycles. The highest BCUT2D eigenvalue weighted by atomic mass is 16.7. The Morgan fingerprint density at radius 1 is 0.875 bits per heavy atom. The van der Waals surface area contributed by atoms with Gasteiger partial charge < -0.3 is 28.4 Å². The average molecular weight is 556 g/mol. The van der Waals surface area contributed by atoms with Gasteiger partial charge in [-0.25, -0.2) is 0 Å². The summed E-state index contributed by atoms with van der Waals surface area (Å²) >= 11 is 0. The van der Waals surface area contributed by atoms with Crippen LogP contribution in [0.3, 0.4) is 0 Å². The van der Waals surface area contributed by atoms with Gasteiger partial charge in [-0.3, -0.25) is 14.5 Å². The first-order valence-corrected chi connectivity index (χ1v) is 14.9. The summed E-state index contributed by atoms with van der Waals surface area (Å²) < 4.78 is 22.0. The molecule has 2 aliphatic rings. The smallest absolute Gasteiger partial charge is 0.242 e. The molecule has 0 N–H and O–H groups in total. The maximum atomic E-state index is 13.8. The monoisotopic (exact) mass is 555 g/mol. The molecule has 220 valence electrons. The second-order valence-electron chi connectivity index (χ2n) is 10.7. The van der Waals surface area contributed by atoms with Crippen LogP contribution in [-0.4, -0.2) is 79.2 Å². The molecule has 0 aliphatic carbocycles. The number of hydrogen-bond acceptors (Lipinski definition) is 7. The largest absolute Gasteiger partial charge is 0.467 e. The van der Waals surface area contributed by atoms with Crippen molar-refractivity contribution >= 4 is 11.8 Å². The Hall–Kier alpha value is -3.04. The number of hydrogen-bond donors (Lipinski definition) is 0. The third-order valence-corrected chi connectivity index (χ3v) is 7.55. The van der Waals surface area contributed by atoms with E-state index < -0.39 is 0 Å². The zero-order valence-electron chi connectivity index (χ0n) is 24.0. The molecule has 1 fully saturated rings. The summed E-state index contributed by atoms with van der Waals surface area (Å²) in [5, 5.41) is 0. The molecule has 0 radical (unpaired) electrons. The lowest BCUT2D eigenvalue weighted by Gasteiger charge is -2.31. The van der Waals surface area contributed by atoms with Gasteiger partial charge in [0.05, 0.1) is 32.6 Å². The average Bonchev–Trinajstić information content (AvgIpc) is 3.66. The fourth-order valence-electron chi connectivity index (χ4n) is 5.12. The summed E-state index contributed by atoms with van der Waals surface area (Å²) in [5.41, 5.74) is 0.929. The van der Waals surface area contributed by atoms with Crippen molar-refractivity contribution in [3.05, 3.63) is 47.9 Å². The van der Waals surface area contributed by atoms with E-state index >= 15 is 0 Å². The van der Waals surface area contributed by atoms with E-state index in [0.717, 1.165) is 44.5 Å². The normalized spacial score (nSPS) is 14.8. The second-order valence-corrected chi connectivity index (χ2v) is 10.7. The van der Waals surface area contributed by atoms with E-state index in [1.807, 2.05) is 30.3 Å². The lowest BCUT2D eigenvalue weighted by atomic mass is 10.1. The molecule has 0 bridgehead atoms. The van der Waals surface area contributed by atoms with Gasteiger partial charge in [-0.15, -0.1) is 0 Å². The van der Waals surface area contributed by atoms with Crippen LogP contribution in [0.2, 0.25) is 0 Å². The van der Waals surface area contributed by atoms with Gasteiger partial charge in [0.1, 0.15) is 5.76 Å². The molecular formula is C31H45N3O6. The van der Waals surface area contributed by atoms with Crippen LogP contribution >= 0.6 is 0 Å². The fourth-order valence-corrected chi connectivity index (χ4v) is 5.12. The van der Waals surface area contributed by atoms with E-state index in [1.165, 1.54) is 25.7 Å². The Kier molecular flexibility index (Phi) is 12.2. The molecule has 0 atom stereocenters.